The average Bonchev–Trinajstić information content (AvgIpc) is 3.14. The van der Waals surface area contributed by atoms with Gasteiger partial charge in [-0.2, -0.15) is 0 Å². The molecular formula is C17H24F2N2O2. The van der Waals surface area contributed by atoms with Gasteiger partial charge in [-0.25, -0.2) is 13.6 Å². The van der Waals surface area contributed by atoms with Gasteiger partial charge in [0, 0.05) is 24.1 Å². The molecule has 0 spiro atoms. The Kier molecular flexibility index (Phi) is 5.24. The first-order valence-corrected chi connectivity index (χ1v) is 7.86. The molecular weight excluding hydrogens is 302 g/mol. The van der Waals surface area contributed by atoms with Crippen molar-refractivity contribution in [3.05, 3.63) is 35.4 Å². The van der Waals surface area contributed by atoms with Crippen molar-refractivity contribution in [3.8, 4) is 0 Å². The second kappa shape index (κ2) is 6.83. The molecule has 23 heavy (non-hydrogen) atoms. The molecule has 6 heteroatoms. The summed E-state index contributed by atoms with van der Waals surface area (Å²) in [5.74, 6) is -1.46. The minimum absolute atomic E-state index is 0.0484. The van der Waals surface area contributed by atoms with Gasteiger partial charge in [-0.3, -0.25) is 0 Å². The van der Waals surface area contributed by atoms with Crippen molar-refractivity contribution < 1.29 is 18.7 Å². The number of carbonyl (C=O) groups excluding carboxylic acids is 1. The van der Waals surface area contributed by atoms with E-state index in [4.69, 9.17) is 0 Å². The lowest BCUT2D eigenvalue weighted by Crippen LogP contribution is -2.42. The lowest BCUT2D eigenvalue weighted by atomic mass is 9.87. The van der Waals surface area contributed by atoms with Crippen molar-refractivity contribution in [2.45, 2.75) is 51.7 Å². The van der Waals surface area contributed by atoms with E-state index in [2.05, 4.69) is 10.6 Å². The van der Waals surface area contributed by atoms with E-state index in [9.17, 15) is 18.7 Å². The van der Waals surface area contributed by atoms with Gasteiger partial charge < -0.3 is 15.7 Å². The number of aliphatic hydroxyl groups is 1. The summed E-state index contributed by atoms with van der Waals surface area (Å²) in [6.07, 6.45) is 0.661. The van der Waals surface area contributed by atoms with E-state index in [0.29, 0.717) is 19.4 Å². The van der Waals surface area contributed by atoms with Crippen LogP contribution in [0.3, 0.4) is 0 Å². The van der Waals surface area contributed by atoms with Crippen LogP contribution in [0.5, 0.6) is 0 Å². The fraction of sp³-hybridized carbons (Fsp3) is 0.588. The maximum Gasteiger partial charge on any atom is 0.315 e. The molecule has 1 fully saturated rings. The van der Waals surface area contributed by atoms with Crippen molar-refractivity contribution in [1.29, 1.82) is 0 Å². The average molecular weight is 326 g/mol. The van der Waals surface area contributed by atoms with E-state index in [1.54, 1.807) is 6.92 Å². The number of benzene rings is 1. The Bertz CT molecular complexity index is 555. The molecule has 0 aliphatic heterocycles. The first kappa shape index (κ1) is 17.7. The molecule has 3 unspecified atom stereocenters. The highest BCUT2D eigenvalue weighted by Crippen LogP contribution is 2.43. The van der Waals surface area contributed by atoms with Crippen LogP contribution < -0.4 is 10.6 Å². The molecule has 0 heterocycles. The molecule has 128 valence electrons. The predicted molar refractivity (Wildman–Crippen MR) is 84.1 cm³/mol. The van der Waals surface area contributed by atoms with E-state index in [1.807, 2.05) is 13.8 Å². The van der Waals surface area contributed by atoms with Crippen LogP contribution in [-0.4, -0.2) is 29.8 Å². The van der Waals surface area contributed by atoms with Gasteiger partial charge in [0.05, 0.1) is 6.10 Å². The molecule has 1 aliphatic carbocycles. The highest BCUT2D eigenvalue weighted by Gasteiger charge is 2.42. The lowest BCUT2D eigenvalue weighted by Gasteiger charge is -2.26. The van der Waals surface area contributed by atoms with Gasteiger partial charge in [-0.1, -0.05) is 19.9 Å². The maximum atomic E-state index is 13.7. The fourth-order valence-corrected chi connectivity index (χ4v) is 2.95. The standard InChI is InChI=1S/C17H24F2N2O2/c1-10(22)8-17(2,3)9-20-16(23)21-14-7-11(14)15-12(18)5-4-6-13(15)19/h4-6,10-11,14,22H,7-9H2,1-3H3,(H2,20,21,23). The van der Waals surface area contributed by atoms with Gasteiger partial charge >= 0.3 is 6.03 Å². The SMILES string of the molecule is CC(O)CC(C)(C)CNC(=O)NC1CC1c1c(F)cccc1F. The Hall–Kier alpha value is -1.69. The number of hydrogen-bond acceptors (Lipinski definition) is 2. The highest BCUT2D eigenvalue weighted by molar-refractivity contribution is 5.75. The Balaban J connectivity index is 1.82. The molecule has 1 aromatic carbocycles. The van der Waals surface area contributed by atoms with Crippen LogP contribution in [0.4, 0.5) is 13.6 Å². The summed E-state index contributed by atoms with van der Waals surface area (Å²) in [6.45, 7) is 6.03. The normalized spacial score (nSPS) is 21.7. The van der Waals surface area contributed by atoms with Crippen molar-refractivity contribution in [1.82, 2.24) is 10.6 Å². The van der Waals surface area contributed by atoms with Crippen LogP contribution in [0.1, 0.15) is 45.1 Å². The minimum Gasteiger partial charge on any atom is -0.393 e. The molecule has 2 amide bonds. The summed E-state index contributed by atoms with van der Waals surface area (Å²) in [6, 6.07) is 3.18. The van der Waals surface area contributed by atoms with Crippen LogP contribution in [0.2, 0.25) is 0 Å². The third-order valence-electron chi connectivity index (χ3n) is 4.05. The Morgan fingerprint density at radius 3 is 2.57 bits per heavy atom. The number of halogens is 2. The summed E-state index contributed by atoms with van der Waals surface area (Å²) in [5.41, 5.74) is -0.182. The summed E-state index contributed by atoms with van der Waals surface area (Å²) in [4.78, 5) is 11.9. The Morgan fingerprint density at radius 2 is 2.00 bits per heavy atom. The van der Waals surface area contributed by atoms with E-state index in [1.165, 1.54) is 18.2 Å². The Labute approximate surface area is 135 Å². The molecule has 1 aliphatic rings. The van der Waals surface area contributed by atoms with Gasteiger partial charge in [0.1, 0.15) is 11.6 Å². The maximum absolute atomic E-state index is 13.7. The molecule has 2 rings (SSSR count). The largest absolute Gasteiger partial charge is 0.393 e. The number of urea groups is 1. The van der Waals surface area contributed by atoms with Gasteiger partial charge in [0.25, 0.3) is 0 Å². The van der Waals surface area contributed by atoms with Crippen LogP contribution in [0, 0.1) is 17.0 Å². The van der Waals surface area contributed by atoms with Crippen LogP contribution in [-0.2, 0) is 0 Å². The molecule has 4 nitrogen and oxygen atoms in total. The van der Waals surface area contributed by atoms with E-state index < -0.39 is 17.7 Å². The number of amides is 2. The van der Waals surface area contributed by atoms with E-state index >= 15 is 0 Å². The highest BCUT2D eigenvalue weighted by atomic mass is 19.1. The molecule has 1 aromatic rings. The van der Waals surface area contributed by atoms with Crippen molar-refractivity contribution in [2.24, 2.45) is 5.41 Å². The number of aliphatic hydroxyl groups excluding tert-OH is 1. The lowest BCUT2D eigenvalue weighted by molar-refractivity contribution is 0.129. The van der Waals surface area contributed by atoms with Crippen LogP contribution in [0.15, 0.2) is 18.2 Å². The van der Waals surface area contributed by atoms with Gasteiger partial charge in [-0.05, 0) is 37.3 Å². The molecule has 0 bridgehead atoms. The monoisotopic (exact) mass is 326 g/mol. The topological polar surface area (TPSA) is 61.4 Å². The fourth-order valence-electron chi connectivity index (χ4n) is 2.95. The van der Waals surface area contributed by atoms with Crippen molar-refractivity contribution >= 4 is 6.03 Å². The van der Waals surface area contributed by atoms with Crippen molar-refractivity contribution in [3.63, 3.8) is 0 Å². The summed E-state index contributed by atoms with van der Waals surface area (Å²) < 4.78 is 27.4. The summed E-state index contributed by atoms with van der Waals surface area (Å²) in [7, 11) is 0. The number of hydrogen-bond donors (Lipinski definition) is 3. The zero-order valence-electron chi connectivity index (χ0n) is 13.7. The second-order valence-electron chi connectivity index (χ2n) is 7.13. The molecule has 0 saturated heterocycles. The van der Waals surface area contributed by atoms with E-state index in [0.717, 1.165) is 0 Å². The first-order chi connectivity index (χ1) is 10.7. The van der Waals surface area contributed by atoms with E-state index in [-0.39, 0.29) is 29.0 Å². The number of carbonyl (C=O) groups is 1. The minimum atomic E-state index is -0.572. The molecule has 1 saturated carbocycles. The first-order valence-electron chi connectivity index (χ1n) is 7.86. The predicted octanol–water partition coefficient (Wildman–Crippen LogP) is 2.92. The Morgan fingerprint density at radius 1 is 1.39 bits per heavy atom. The van der Waals surface area contributed by atoms with Crippen LogP contribution in [0.25, 0.3) is 0 Å². The van der Waals surface area contributed by atoms with Gasteiger partial charge in [-0.15, -0.1) is 0 Å². The molecule has 3 N–H and O–H groups in total. The van der Waals surface area contributed by atoms with Crippen molar-refractivity contribution in [2.75, 3.05) is 6.54 Å². The zero-order valence-corrected chi connectivity index (χ0v) is 13.7. The third-order valence-corrected chi connectivity index (χ3v) is 4.05. The number of rotatable bonds is 6. The zero-order chi connectivity index (χ0) is 17.2. The summed E-state index contributed by atoms with van der Waals surface area (Å²) in [5, 5.41) is 14.9. The third kappa shape index (κ3) is 4.89. The van der Waals surface area contributed by atoms with Gasteiger partial charge in [0.15, 0.2) is 0 Å². The molecule has 0 radical (unpaired) electrons. The second-order valence-corrected chi connectivity index (χ2v) is 7.13. The van der Waals surface area contributed by atoms with Crippen LogP contribution >= 0.6 is 0 Å². The quantitative estimate of drug-likeness (QED) is 0.753. The summed E-state index contributed by atoms with van der Waals surface area (Å²) >= 11 is 0. The number of nitrogens with one attached hydrogen (secondary N) is 2. The smallest absolute Gasteiger partial charge is 0.315 e. The molecule has 0 aromatic heterocycles. The van der Waals surface area contributed by atoms with Gasteiger partial charge in [0.2, 0.25) is 0 Å². The molecule has 3 atom stereocenters.